The molecule has 17 heteroatoms. The summed E-state index contributed by atoms with van der Waals surface area (Å²) in [5.74, 6) is -1.35. The summed E-state index contributed by atoms with van der Waals surface area (Å²) in [4.78, 5) is 42.0. The van der Waals surface area contributed by atoms with Crippen molar-refractivity contribution in [3.05, 3.63) is 52.7 Å². The van der Waals surface area contributed by atoms with Crippen molar-refractivity contribution in [2.45, 2.75) is 69.0 Å². The molecule has 1 aromatic carbocycles. The Morgan fingerprint density at radius 2 is 1.80 bits per heavy atom. The average molecular weight is 647 g/mol. The number of imidazole rings is 1. The van der Waals surface area contributed by atoms with Crippen LogP contribution in [0.3, 0.4) is 0 Å². The molecule has 2 aliphatic rings. The highest BCUT2D eigenvalue weighted by Crippen LogP contribution is 2.36. The number of carbonyl (C=O) groups is 3. The zero-order valence-electron chi connectivity index (χ0n) is 24.0. The predicted octanol–water partition coefficient (Wildman–Crippen LogP) is 3.17. The Kier molecular flexibility index (Phi) is 9.03. The molecule has 2 aliphatic carbocycles. The maximum Gasteiger partial charge on any atom is 0.435 e. The number of benzene rings is 1. The summed E-state index contributed by atoms with van der Waals surface area (Å²) in [6.07, 6.45) is 0.997. The largest absolute Gasteiger partial charge is 0.435 e. The Balaban J connectivity index is 1.16. The van der Waals surface area contributed by atoms with Gasteiger partial charge in [0, 0.05) is 43.1 Å². The molecule has 0 bridgehead atoms. The van der Waals surface area contributed by atoms with Crippen molar-refractivity contribution < 1.29 is 27.6 Å². The van der Waals surface area contributed by atoms with Crippen LogP contribution in [0.25, 0.3) is 11.3 Å². The molecule has 6 N–H and O–H groups in total. The van der Waals surface area contributed by atoms with Crippen LogP contribution in [0, 0.1) is 11.3 Å². The number of nitrogens with zero attached hydrogens (tertiary/aromatic N) is 5. The number of carbonyl (C=O) groups excluding carboxylic acids is 3. The van der Waals surface area contributed by atoms with Gasteiger partial charge in [0.05, 0.1) is 34.1 Å². The molecule has 2 saturated carbocycles. The number of hydrogen-bond acceptors (Lipinski definition) is 7. The number of rotatable bonds is 8. The first-order valence-corrected chi connectivity index (χ1v) is 14.5. The lowest BCUT2D eigenvalue weighted by Gasteiger charge is -2.36. The zero-order chi connectivity index (χ0) is 32.5. The van der Waals surface area contributed by atoms with Gasteiger partial charge in [-0.05, 0) is 50.3 Å². The third-order valence-corrected chi connectivity index (χ3v) is 8.13. The number of aromatic nitrogens is 4. The molecule has 0 saturated heterocycles. The van der Waals surface area contributed by atoms with Gasteiger partial charge in [0.1, 0.15) is 6.54 Å². The summed E-state index contributed by atoms with van der Waals surface area (Å²) in [5.41, 5.74) is 4.71. The zero-order valence-corrected chi connectivity index (χ0v) is 24.7. The van der Waals surface area contributed by atoms with Crippen LogP contribution in [0.5, 0.6) is 0 Å². The van der Waals surface area contributed by atoms with Gasteiger partial charge in [-0.1, -0.05) is 11.6 Å². The second-order valence-electron chi connectivity index (χ2n) is 11.1. The van der Waals surface area contributed by atoms with Crippen LogP contribution in [0.2, 0.25) is 5.02 Å². The van der Waals surface area contributed by atoms with E-state index in [1.54, 1.807) is 6.07 Å². The van der Waals surface area contributed by atoms with Crippen molar-refractivity contribution in [1.82, 2.24) is 35.3 Å². The van der Waals surface area contributed by atoms with E-state index in [1.165, 1.54) is 29.8 Å². The third-order valence-electron chi connectivity index (χ3n) is 7.82. The summed E-state index contributed by atoms with van der Waals surface area (Å²) in [6.45, 7) is -0.392. The Hall–Kier alpha value is -4.62. The quantitative estimate of drug-likeness (QED) is 0.249. The minimum absolute atomic E-state index is 0.0330. The van der Waals surface area contributed by atoms with Crippen LogP contribution < -0.4 is 27.0 Å². The summed E-state index contributed by atoms with van der Waals surface area (Å²) < 4.78 is 42.8. The summed E-state index contributed by atoms with van der Waals surface area (Å²) >= 11 is 6.34. The Labute approximate surface area is 260 Å². The van der Waals surface area contributed by atoms with Gasteiger partial charge in [0.25, 0.3) is 11.8 Å². The normalized spacial score (nSPS) is 21.0. The SMILES string of the molecule is Cn1c(-c2cn(CC#N)nc2C(F)(F)F)cnc1C(=O)Nc1ccc(C(=O)NC2CC(NC(=O)N[C@@H]3CC[C@H](N)C3)C2)c(Cl)c1. The van der Waals surface area contributed by atoms with E-state index in [0.717, 1.165) is 36.3 Å². The van der Waals surface area contributed by atoms with Crippen LogP contribution in [-0.4, -0.2) is 61.3 Å². The van der Waals surface area contributed by atoms with Gasteiger partial charge in [0.2, 0.25) is 0 Å². The molecule has 0 aliphatic heterocycles. The second-order valence-corrected chi connectivity index (χ2v) is 11.6. The highest BCUT2D eigenvalue weighted by atomic mass is 35.5. The van der Waals surface area contributed by atoms with Crippen LogP contribution in [0.1, 0.15) is 58.8 Å². The molecule has 2 heterocycles. The molecule has 13 nitrogen and oxygen atoms in total. The van der Waals surface area contributed by atoms with Crippen molar-refractivity contribution >= 4 is 35.1 Å². The smallest absolute Gasteiger partial charge is 0.349 e. The summed E-state index contributed by atoms with van der Waals surface area (Å²) in [5, 5.41) is 23.7. The van der Waals surface area contributed by atoms with Crippen molar-refractivity contribution in [1.29, 1.82) is 5.26 Å². The molecule has 2 fully saturated rings. The number of nitrogens with one attached hydrogen (secondary N) is 4. The maximum atomic E-state index is 13.6. The predicted molar refractivity (Wildman–Crippen MR) is 156 cm³/mol. The fourth-order valence-electron chi connectivity index (χ4n) is 5.48. The molecule has 4 amide bonds. The molecule has 3 aromatic rings. The van der Waals surface area contributed by atoms with Crippen LogP contribution in [0.4, 0.5) is 23.7 Å². The first-order chi connectivity index (χ1) is 21.3. The van der Waals surface area contributed by atoms with Gasteiger partial charge >= 0.3 is 12.2 Å². The molecular formula is C28H30ClF3N10O3. The first-order valence-electron chi connectivity index (χ1n) is 14.1. The van der Waals surface area contributed by atoms with Gasteiger partial charge in [-0.3, -0.25) is 14.3 Å². The lowest BCUT2D eigenvalue weighted by Crippen LogP contribution is -2.56. The van der Waals surface area contributed by atoms with E-state index in [4.69, 9.17) is 22.6 Å². The second kappa shape index (κ2) is 12.8. The van der Waals surface area contributed by atoms with E-state index >= 15 is 0 Å². The van der Waals surface area contributed by atoms with Crippen LogP contribution >= 0.6 is 11.6 Å². The topological polar surface area (TPSA) is 185 Å². The maximum absolute atomic E-state index is 13.6. The van der Waals surface area contributed by atoms with E-state index in [0.29, 0.717) is 12.8 Å². The minimum atomic E-state index is -4.80. The van der Waals surface area contributed by atoms with Crippen LogP contribution in [0.15, 0.2) is 30.6 Å². The monoisotopic (exact) mass is 646 g/mol. The molecule has 238 valence electrons. The molecule has 0 spiro atoms. The van der Waals surface area contributed by atoms with Gasteiger partial charge in [-0.15, -0.1) is 0 Å². The molecule has 0 radical (unpaired) electrons. The Morgan fingerprint density at radius 3 is 2.44 bits per heavy atom. The highest BCUT2D eigenvalue weighted by Gasteiger charge is 2.39. The number of anilines is 1. The lowest BCUT2D eigenvalue weighted by molar-refractivity contribution is -0.141. The van der Waals surface area contributed by atoms with Gasteiger partial charge < -0.3 is 31.6 Å². The van der Waals surface area contributed by atoms with Crippen LogP contribution in [-0.2, 0) is 19.8 Å². The van der Waals surface area contributed by atoms with Crippen molar-refractivity contribution in [3.8, 4) is 17.3 Å². The van der Waals surface area contributed by atoms with E-state index < -0.39 is 30.2 Å². The van der Waals surface area contributed by atoms with E-state index in [2.05, 4.69) is 31.3 Å². The average Bonchev–Trinajstić information content (AvgIpc) is 3.65. The molecular weight excluding hydrogens is 617 g/mol. The summed E-state index contributed by atoms with van der Waals surface area (Å²) in [6, 6.07) is 5.72. The molecule has 45 heavy (non-hydrogen) atoms. The van der Waals surface area contributed by atoms with Crippen molar-refractivity contribution in [2.75, 3.05) is 5.32 Å². The number of urea groups is 1. The highest BCUT2D eigenvalue weighted by molar-refractivity contribution is 6.34. The number of nitrogens with two attached hydrogens (primary N) is 1. The Bertz CT molecular complexity index is 1660. The number of amides is 4. The number of alkyl halides is 3. The van der Waals surface area contributed by atoms with E-state index in [9.17, 15) is 27.6 Å². The molecule has 2 aromatic heterocycles. The van der Waals surface area contributed by atoms with Gasteiger partial charge in [0.15, 0.2) is 11.5 Å². The Morgan fingerprint density at radius 1 is 1.09 bits per heavy atom. The number of hydrogen-bond donors (Lipinski definition) is 5. The lowest BCUT2D eigenvalue weighted by atomic mass is 9.86. The number of halogens is 4. The molecule has 2 atom stereocenters. The first kappa shape index (κ1) is 31.8. The summed E-state index contributed by atoms with van der Waals surface area (Å²) in [7, 11) is 1.37. The van der Waals surface area contributed by atoms with E-state index in [-0.39, 0.29) is 63.6 Å². The standard InChI is InChI=1S/C28H30ClF3N10O3/c1-41-22(20-13-42(7-6-33)40-23(20)28(30,31)32)12-35-24(41)26(44)36-16-4-5-19(21(29)11-16)25(43)37-17-9-18(10-17)39-27(45)38-15-3-2-14(34)8-15/h4-5,11-15,17-18H,2-3,7-10,34H2,1H3,(H,36,44)(H,37,43)(H2,38,39,45)/t14-,15+,17?,18?/m0/s1. The van der Waals surface area contributed by atoms with Gasteiger partial charge in [-0.2, -0.15) is 23.5 Å². The van der Waals surface area contributed by atoms with Gasteiger partial charge in [-0.25, -0.2) is 9.78 Å². The molecule has 0 unspecified atom stereocenters. The fraction of sp³-hybridized carbons (Fsp3) is 0.429. The molecule has 5 rings (SSSR count). The van der Waals surface area contributed by atoms with E-state index in [1.807, 2.05) is 0 Å². The third kappa shape index (κ3) is 7.21. The minimum Gasteiger partial charge on any atom is -0.349 e. The van der Waals surface area contributed by atoms with Crippen molar-refractivity contribution in [3.63, 3.8) is 0 Å². The number of nitriles is 1. The fourth-order valence-corrected chi connectivity index (χ4v) is 5.75. The van der Waals surface area contributed by atoms with Crippen molar-refractivity contribution in [2.24, 2.45) is 12.8 Å².